The van der Waals surface area contributed by atoms with Gasteiger partial charge in [0, 0.05) is 17.3 Å². The van der Waals surface area contributed by atoms with E-state index in [2.05, 4.69) is 12.2 Å². The first-order chi connectivity index (χ1) is 10.6. The Labute approximate surface area is 129 Å². The van der Waals surface area contributed by atoms with Crippen molar-refractivity contribution in [3.05, 3.63) is 41.2 Å². The molecule has 1 atom stereocenters. The van der Waals surface area contributed by atoms with Crippen molar-refractivity contribution in [1.82, 2.24) is 0 Å². The zero-order valence-electron chi connectivity index (χ0n) is 12.6. The highest BCUT2D eigenvalue weighted by Crippen LogP contribution is 2.46. The van der Waals surface area contributed by atoms with Gasteiger partial charge in [0.1, 0.15) is 5.76 Å². The lowest BCUT2D eigenvalue weighted by Crippen LogP contribution is -2.24. The Morgan fingerprint density at radius 2 is 2.05 bits per heavy atom. The predicted octanol–water partition coefficient (Wildman–Crippen LogP) is 3.16. The van der Waals surface area contributed by atoms with Crippen LogP contribution in [-0.4, -0.2) is 30.0 Å². The number of fused-ring (bicyclic) bond motifs is 2. The lowest BCUT2D eigenvalue weighted by Gasteiger charge is -2.28. The second kappa shape index (κ2) is 5.67. The van der Waals surface area contributed by atoms with Crippen molar-refractivity contribution in [3.8, 4) is 17.2 Å². The minimum absolute atomic E-state index is 0.00938. The van der Waals surface area contributed by atoms with E-state index >= 15 is 0 Å². The Bertz CT molecular complexity index is 688. The number of hydrogen-bond donors (Lipinski definition) is 3. The third-order valence-electron chi connectivity index (χ3n) is 3.71. The minimum Gasteiger partial charge on any atom is -0.504 e. The molecular weight excluding hydrogens is 282 g/mol. The predicted molar refractivity (Wildman–Crippen MR) is 85.2 cm³/mol. The molecule has 0 bridgehead atoms. The summed E-state index contributed by atoms with van der Waals surface area (Å²) in [6.45, 7) is 2.73. The quantitative estimate of drug-likeness (QED) is 0.588. The SMILES string of the molecule is CCCOC1=CC2=Cc3c(cc(OC)c(O)c3O)NC2C=C1. The summed E-state index contributed by atoms with van der Waals surface area (Å²) >= 11 is 0. The summed E-state index contributed by atoms with van der Waals surface area (Å²) < 4.78 is 10.7. The van der Waals surface area contributed by atoms with E-state index in [1.54, 1.807) is 6.07 Å². The molecule has 3 N–H and O–H groups in total. The molecule has 116 valence electrons. The number of anilines is 1. The summed E-state index contributed by atoms with van der Waals surface area (Å²) in [7, 11) is 1.45. The van der Waals surface area contributed by atoms with Crippen LogP contribution in [-0.2, 0) is 4.74 Å². The first-order valence-electron chi connectivity index (χ1n) is 7.27. The maximum atomic E-state index is 10.2. The summed E-state index contributed by atoms with van der Waals surface area (Å²) in [4.78, 5) is 0. The van der Waals surface area contributed by atoms with Crippen LogP contribution in [0, 0.1) is 0 Å². The zero-order valence-corrected chi connectivity index (χ0v) is 12.6. The van der Waals surface area contributed by atoms with Gasteiger partial charge in [-0.15, -0.1) is 0 Å². The standard InChI is InChI=1S/C17H19NO4/c1-3-6-22-11-4-5-13-10(7-11)8-12-14(18-13)9-15(21-2)17(20)16(12)19/h4-5,7-9,13,18-20H,3,6H2,1-2H3. The van der Waals surface area contributed by atoms with Gasteiger partial charge in [0.2, 0.25) is 5.75 Å². The van der Waals surface area contributed by atoms with Crippen LogP contribution in [0.5, 0.6) is 17.2 Å². The molecule has 0 saturated heterocycles. The van der Waals surface area contributed by atoms with Gasteiger partial charge in [-0.1, -0.05) is 13.0 Å². The largest absolute Gasteiger partial charge is 0.504 e. The maximum Gasteiger partial charge on any atom is 0.201 e. The van der Waals surface area contributed by atoms with E-state index in [1.165, 1.54) is 7.11 Å². The molecule has 2 aliphatic rings. The number of rotatable bonds is 4. The van der Waals surface area contributed by atoms with Gasteiger partial charge in [-0.2, -0.15) is 0 Å². The van der Waals surface area contributed by atoms with E-state index in [9.17, 15) is 10.2 Å². The van der Waals surface area contributed by atoms with E-state index in [0.717, 1.165) is 23.4 Å². The molecule has 1 aromatic rings. The highest BCUT2D eigenvalue weighted by Gasteiger charge is 2.25. The molecule has 5 heteroatoms. The molecule has 1 aliphatic carbocycles. The summed E-state index contributed by atoms with van der Waals surface area (Å²) in [6, 6.07) is 1.69. The molecule has 1 aromatic carbocycles. The average Bonchev–Trinajstić information content (AvgIpc) is 2.54. The lowest BCUT2D eigenvalue weighted by atomic mass is 9.93. The van der Waals surface area contributed by atoms with Crippen molar-refractivity contribution in [3.63, 3.8) is 0 Å². The van der Waals surface area contributed by atoms with Crippen molar-refractivity contribution in [1.29, 1.82) is 0 Å². The fourth-order valence-electron chi connectivity index (χ4n) is 2.58. The molecule has 0 saturated carbocycles. The molecule has 0 spiro atoms. The van der Waals surface area contributed by atoms with Gasteiger partial charge in [-0.05, 0) is 30.2 Å². The van der Waals surface area contributed by atoms with Gasteiger partial charge in [0.05, 0.1) is 19.8 Å². The van der Waals surface area contributed by atoms with Crippen LogP contribution >= 0.6 is 0 Å². The minimum atomic E-state index is -0.254. The summed E-state index contributed by atoms with van der Waals surface area (Å²) in [5.74, 6) is 0.595. The smallest absolute Gasteiger partial charge is 0.201 e. The van der Waals surface area contributed by atoms with Crippen LogP contribution in [0.25, 0.3) is 6.08 Å². The molecule has 0 amide bonds. The van der Waals surface area contributed by atoms with Gasteiger partial charge in [-0.25, -0.2) is 0 Å². The monoisotopic (exact) mass is 301 g/mol. The molecule has 1 unspecified atom stereocenters. The first kappa shape index (κ1) is 14.4. The van der Waals surface area contributed by atoms with E-state index in [1.807, 2.05) is 24.3 Å². The second-order valence-corrected chi connectivity index (χ2v) is 5.26. The molecule has 5 nitrogen and oxygen atoms in total. The summed E-state index contributed by atoms with van der Waals surface area (Å²) in [5.41, 5.74) is 2.24. The van der Waals surface area contributed by atoms with Crippen molar-refractivity contribution < 1.29 is 19.7 Å². The normalized spacial score (nSPS) is 18.5. The fraction of sp³-hybridized carbons (Fsp3) is 0.294. The van der Waals surface area contributed by atoms with E-state index in [4.69, 9.17) is 9.47 Å². The molecular formula is C17H19NO4. The number of nitrogens with one attached hydrogen (secondary N) is 1. The Morgan fingerprint density at radius 3 is 2.77 bits per heavy atom. The van der Waals surface area contributed by atoms with Crippen LogP contribution < -0.4 is 10.1 Å². The van der Waals surface area contributed by atoms with Crippen molar-refractivity contribution in [2.24, 2.45) is 0 Å². The van der Waals surface area contributed by atoms with E-state index < -0.39 is 0 Å². The molecule has 0 fully saturated rings. The number of ether oxygens (including phenoxy) is 2. The number of hydrogen-bond acceptors (Lipinski definition) is 5. The van der Waals surface area contributed by atoms with Crippen molar-refractivity contribution in [2.45, 2.75) is 19.4 Å². The Kier molecular flexibility index (Phi) is 3.71. The second-order valence-electron chi connectivity index (χ2n) is 5.26. The molecule has 3 rings (SSSR count). The van der Waals surface area contributed by atoms with E-state index in [0.29, 0.717) is 12.2 Å². The summed E-state index contributed by atoms with van der Waals surface area (Å²) in [6.07, 6.45) is 8.69. The number of aromatic hydroxyl groups is 2. The third-order valence-corrected chi connectivity index (χ3v) is 3.71. The third kappa shape index (κ3) is 2.39. The van der Waals surface area contributed by atoms with Gasteiger partial charge in [0.25, 0.3) is 0 Å². The van der Waals surface area contributed by atoms with Crippen molar-refractivity contribution >= 4 is 11.8 Å². The van der Waals surface area contributed by atoms with Crippen molar-refractivity contribution in [2.75, 3.05) is 19.0 Å². The highest BCUT2D eigenvalue weighted by molar-refractivity contribution is 5.84. The van der Waals surface area contributed by atoms with Gasteiger partial charge < -0.3 is 25.0 Å². The van der Waals surface area contributed by atoms with Gasteiger partial charge >= 0.3 is 0 Å². The van der Waals surface area contributed by atoms with Crippen LogP contribution in [0.4, 0.5) is 5.69 Å². The van der Waals surface area contributed by atoms with Gasteiger partial charge in [0.15, 0.2) is 11.5 Å². The fourth-order valence-corrected chi connectivity index (χ4v) is 2.58. The zero-order chi connectivity index (χ0) is 15.7. The molecule has 22 heavy (non-hydrogen) atoms. The average molecular weight is 301 g/mol. The van der Waals surface area contributed by atoms with Gasteiger partial charge in [-0.3, -0.25) is 0 Å². The Hall–Kier alpha value is -2.56. The number of phenols is 2. The van der Waals surface area contributed by atoms with Crippen LogP contribution in [0.2, 0.25) is 0 Å². The topological polar surface area (TPSA) is 71.0 Å². The number of benzene rings is 1. The molecule has 1 heterocycles. The Morgan fingerprint density at radius 1 is 1.23 bits per heavy atom. The van der Waals surface area contributed by atoms with Crippen LogP contribution in [0.3, 0.4) is 0 Å². The number of methoxy groups -OCH3 is 1. The number of phenolic OH excluding ortho intramolecular Hbond substituents is 2. The van der Waals surface area contributed by atoms with Crippen LogP contribution in [0.1, 0.15) is 18.9 Å². The van der Waals surface area contributed by atoms with E-state index in [-0.39, 0.29) is 23.3 Å². The molecule has 0 radical (unpaired) electrons. The molecule has 1 aliphatic heterocycles. The molecule has 0 aromatic heterocycles. The van der Waals surface area contributed by atoms with Crippen LogP contribution in [0.15, 0.2) is 35.6 Å². The first-order valence-corrected chi connectivity index (χ1v) is 7.27. The highest BCUT2D eigenvalue weighted by atomic mass is 16.5. The maximum absolute atomic E-state index is 10.2. The summed E-state index contributed by atoms with van der Waals surface area (Å²) in [5, 5.41) is 23.4. The lowest BCUT2D eigenvalue weighted by molar-refractivity contribution is 0.224. The Balaban J connectivity index is 2.00. The number of allylic oxidation sites excluding steroid dienone is 1.